The third-order valence-corrected chi connectivity index (χ3v) is 4.45. The van der Waals surface area contributed by atoms with Crippen LogP contribution < -0.4 is 4.72 Å². The molecule has 2 rings (SSSR count). The fraction of sp³-hybridized carbons (Fsp3) is 0.429. The van der Waals surface area contributed by atoms with Crippen LogP contribution in [0.5, 0.6) is 0 Å². The summed E-state index contributed by atoms with van der Waals surface area (Å²) in [5.74, 6) is 0.325. The minimum atomic E-state index is -1.18. The quantitative estimate of drug-likeness (QED) is 0.874. The van der Waals surface area contributed by atoms with Crippen LogP contribution in [0.4, 0.5) is 4.39 Å². The predicted octanol–water partition coefficient (Wildman–Crippen LogP) is 3.68. The van der Waals surface area contributed by atoms with E-state index in [1.807, 2.05) is 33.8 Å². The Balaban J connectivity index is 2.20. The fourth-order valence-electron chi connectivity index (χ4n) is 1.63. The van der Waals surface area contributed by atoms with Crippen molar-refractivity contribution in [3.63, 3.8) is 0 Å². The van der Waals surface area contributed by atoms with Gasteiger partial charge in [0.05, 0.1) is 0 Å². The highest BCUT2D eigenvalue weighted by Crippen LogP contribution is 2.26. The summed E-state index contributed by atoms with van der Waals surface area (Å²) >= 11 is -1.18. The molecular weight excluding hydrogens is 265 g/mol. The van der Waals surface area contributed by atoms with Crippen molar-refractivity contribution in [1.29, 1.82) is 0 Å². The van der Waals surface area contributed by atoms with Crippen LogP contribution in [-0.2, 0) is 11.4 Å². The van der Waals surface area contributed by atoms with Gasteiger partial charge in [0.15, 0.2) is 0 Å². The van der Waals surface area contributed by atoms with E-state index >= 15 is 0 Å². The van der Waals surface area contributed by atoms with Gasteiger partial charge < -0.3 is 8.97 Å². The normalized spacial score (nSPS) is 15.7. The lowest BCUT2D eigenvalue weighted by Crippen LogP contribution is -2.40. The first-order valence-corrected chi connectivity index (χ1v) is 7.29. The highest BCUT2D eigenvalue weighted by molar-refractivity contribution is 7.90. The van der Waals surface area contributed by atoms with Gasteiger partial charge >= 0.3 is 0 Å². The summed E-state index contributed by atoms with van der Waals surface area (Å²) in [6.07, 6.45) is 0. The molecule has 2 atom stereocenters. The zero-order chi connectivity index (χ0) is 14.2. The largest absolute Gasteiger partial charge is 0.598 e. The van der Waals surface area contributed by atoms with Crippen molar-refractivity contribution >= 4 is 22.3 Å². The summed E-state index contributed by atoms with van der Waals surface area (Å²) in [6, 6.07) is 6.06. The molecule has 104 valence electrons. The first kappa shape index (κ1) is 14.4. The van der Waals surface area contributed by atoms with Crippen molar-refractivity contribution in [2.45, 2.75) is 38.5 Å². The summed E-state index contributed by atoms with van der Waals surface area (Å²) in [6.45, 7) is 7.57. The minimum Gasteiger partial charge on any atom is -0.598 e. The summed E-state index contributed by atoms with van der Waals surface area (Å²) in [7, 11) is 0. The second-order valence-corrected chi connectivity index (χ2v) is 7.55. The maximum atomic E-state index is 13.1. The Bertz CT molecular complexity index is 576. The monoisotopic (exact) mass is 283 g/mol. The Morgan fingerprint density at radius 2 is 2.00 bits per heavy atom. The molecule has 0 aliphatic heterocycles. The van der Waals surface area contributed by atoms with Crippen LogP contribution in [0.3, 0.4) is 0 Å². The van der Waals surface area contributed by atoms with Crippen LogP contribution >= 0.6 is 0 Å². The van der Waals surface area contributed by atoms with Crippen LogP contribution in [0, 0.1) is 5.82 Å². The van der Waals surface area contributed by atoms with Crippen molar-refractivity contribution in [1.82, 2.24) is 4.72 Å². The average Bonchev–Trinajstić information content (AvgIpc) is 2.70. The zero-order valence-electron chi connectivity index (χ0n) is 11.5. The van der Waals surface area contributed by atoms with Crippen molar-refractivity contribution < 1.29 is 13.4 Å². The lowest BCUT2D eigenvalue weighted by Gasteiger charge is -2.25. The highest BCUT2D eigenvalue weighted by atomic mass is 32.2. The Labute approximate surface area is 115 Å². The zero-order valence-corrected chi connectivity index (χ0v) is 12.3. The number of halogens is 1. The maximum Gasteiger partial charge on any atom is 0.137 e. The smallest absolute Gasteiger partial charge is 0.137 e. The third-order valence-electron chi connectivity index (χ3n) is 2.77. The molecule has 0 aliphatic carbocycles. The van der Waals surface area contributed by atoms with Crippen LogP contribution in [0.25, 0.3) is 11.0 Å². The van der Waals surface area contributed by atoms with Crippen LogP contribution in [0.2, 0.25) is 0 Å². The number of hydrogen-bond acceptors (Lipinski definition) is 3. The molecular formula is C14H18FNO2S. The van der Waals surface area contributed by atoms with Gasteiger partial charge in [0, 0.05) is 22.8 Å². The summed E-state index contributed by atoms with van der Waals surface area (Å²) in [4.78, 5) is 0. The van der Waals surface area contributed by atoms with E-state index in [1.54, 1.807) is 6.07 Å². The van der Waals surface area contributed by atoms with Gasteiger partial charge in [-0.05, 0) is 45.9 Å². The van der Waals surface area contributed by atoms with Gasteiger partial charge in [0.1, 0.15) is 27.9 Å². The lowest BCUT2D eigenvalue weighted by atomic mass is 10.2. The molecule has 0 bridgehead atoms. The third kappa shape index (κ3) is 3.29. The molecule has 2 aromatic rings. The highest BCUT2D eigenvalue weighted by Gasteiger charge is 2.29. The number of rotatable bonds is 3. The molecule has 1 aromatic heterocycles. The topological polar surface area (TPSA) is 48.2 Å². The first-order valence-electron chi connectivity index (χ1n) is 6.14. The van der Waals surface area contributed by atoms with Gasteiger partial charge in [0.2, 0.25) is 0 Å². The van der Waals surface area contributed by atoms with Gasteiger partial charge in [-0.25, -0.2) is 4.39 Å². The van der Waals surface area contributed by atoms with Crippen LogP contribution in [0.15, 0.2) is 28.7 Å². The van der Waals surface area contributed by atoms with E-state index < -0.39 is 11.4 Å². The van der Waals surface area contributed by atoms with E-state index in [9.17, 15) is 8.94 Å². The van der Waals surface area contributed by atoms with Gasteiger partial charge in [-0.1, -0.05) is 0 Å². The predicted molar refractivity (Wildman–Crippen MR) is 75.6 cm³/mol. The second-order valence-electron chi connectivity index (χ2n) is 5.55. The average molecular weight is 283 g/mol. The number of fused-ring (bicyclic) bond motifs is 1. The molecule has 0 radical (unpaired) electrons. The summed E-state index contributed by atoms with van der Waals surface area (Å²) in [5.41, 5.74) is 0.505. The van der Waals surface area contributed by atoms with E-state index in [4.69, 9.17) is 4.42 Å². The Morgan fingerprint density at radius 1 is 1.32 bits per heavy atom. The summed E-state index contributed by atoms with van der Waals surface area (Å²) < 4.78 is 33.3. The molecule has 0 saturated heterocycles. The fourth-order valence-corrected chi connectivity index (χ4v) is 2.43. The molecule has 3 nitrogen and oxygen atoms in total. The van der Waals surface area contributed by atoms with Crippen molar-refractivity contribution in [3.8, 4) is 0 Å². The maximum absolute atomic E-state index is 13.1. The molecule has 0 aliphatic rings. The van der Waals surface area contributed by atoms with Gasteiger partial charge in [-0.15, -0.1) is 4.72 Å². The Hall–Kier alpha value is -1.04. The van der Waals surface area contributed by atoms with E-state index in [2.05, 4.69) is 4.72 Å². The van der Waals surface area contributed by atoms with Gasteiger partial charge in [0.25, 0.3) is 0 Å². The van der Waals surface area contributed by atoms with Gasteiger partial charge in [-0.3, -0.25) is 0 Å². The number of hydrogen-bond donors (Lipinski definition) is 1. The van der Waals surface area contributed by atoms with Crippen molar-refractivity contribution in [2.24, 2.45) is 0 Å². The van der Waals surface area contributed by atoms with E-state index in [1.165, 1.54) is 12.1 Å². The SMILES string of the molecule is CC(N[S@@+]([O-])C(C)(C)C)c1cc2ccc(F)cc2o1. The van der Waals surface area contributed by atoms with Crippen LogP contribution in [-0.4, -0.2) is 9.30 Å². The van der Waals surface area contributed by atoms with Crippen molar-refractivity contribution in [3.05, 3.63) is 35.8 Å². The van der Waals surface area contributed by atoms with E-state index in [-0.39, 0.29) is 16.6 Å². The molecule has 0 saturated carbocycles. The molecule has 0 fully saturated rings. The number of nitrogens with one attached hydrogen (secondary N) is 1. The molecule has 0 amide bonds. The van der Waals surface area contributed by atoms with E-state index in [0.29, 0.717) is 11.3 Å². The Kier molecular flexibility index (Phi) is 3.90. The molecule has 0 spiro atoms. The van der Waals surface area contributed by atoms with Crippen LogP contribution in [0.1, 0.15) is 39.5 Å². The molecule has 19 heavy (non-hydrogen) atoms. The summed E-state index contributed by atoms with van der Waals surface area (Å²) in [5, 5.41) is 0.839. The first-order chi connectivity index (χ1) is 8.77. The molecule has 5 heteroatoms. The molecule has 1 N–H and O–H groups in total. The molecule has 1 aromatic carbocycles. The van der Waals surface area contributed by atoms with E-state index in [0.717, 1.165) is 5.39 Å². The standard InChI is InChI=1S/C14H18FNO2S/c1-9(16-19(17)14(2,3)4)12-7-10-5-6-11(15)8-13(10)18-12/h5-9,16H,1-4H3/t9?,19-/m0/s1. The number of furan rings is 1. The minimum absolute atomic E-state index is 0.199. The lowest BCUT2D eigenvalue weighted by molar-refractivity contribution is 0.474. The van der Waals surface area contributed by atoms with Gasteiger partial charge in [-0.2, -0.15) is 0 Å². The van der Waals surface area contributed by atoms with Crippen molar-refractivity contribution in [2.75, 3.05) is 0 Å². The number of benzene rings is 1. The Morgan fingerprint density at radius 3 is 2.63 bits per heavy atom. The molecule has 1 unspecified atom stereocenters. The molecule has 1 heterocycles. The second kappa shape index (κ2) is 5.15.